The van der Waals surface area contributed by atoms with Gasteiger partial charge in [0.2, 0.25) is 12.8 Å². The Morgan fingerprint density at radius 2 is 1.87 bits per heavy atom. The maximum atomic E-state index is 11.2. The number of hydrogen-bond donors (Lipinski definition) is 3. The third-order valence-corrected chi connectivity index (χ3v) is 4.20. The lowest BCUT2D eigenvalue weighted by molar-refractivity contribution is -0.113. The van der Waals surface area contributed by atoms with E-state index in [1.165, 1.54) is 0 Å². The summed E-state index contributed by atoms with van der Waals surface area (Å²) >= 11 is 0. The second-order valence-corrected chi connectivity index (χ2v) is 5.79. The Bertz CT molecular complexity index is 574. The summed E-state index contributed by atoms with van der Waals surface area (Å²) in [5.41, 5.74) is -0.150. The first-order valence-electron chi connectivity index (χ1n) is 8.02. The number of aromatic nitrogens is 1. The Morgan fingerprint density at radius 1 is 1.22 bits per heavy atom. The number of carbonyl (C=O) groups excluding carboxylic acids is 2. The smallest absolute Gasteiger partial charge is 0.209 e. The summed E-state index contributed by atoms with van der Waals surface area (Å²) in [6.07, 6.45) is 10.8. The van der Waals surface area contributed by atoms with Crippen LogP contribution in [-0.2, 0) is 15.3 Å². The number of H-pyrrole nitrogens is 1. The van der Waals surface area contributed by atoms with E-state index in [0.29, 0.717) is 24.2 Å². The number of nitrogens with one attached hydrogen (secondary N) is 3. The third-order valence-electron chi connectivity index (χ3n) is 4.20. The first kappa shape index (κ1) is 17.0. The first-order chi connectivity index (χ1) is 11.2. The highest BCUT2D eigenvalue weighted by molar-refractivity contribution is 6.06. The fourth-order valence-electron chi connectivity index (χ4n) is 3.25. The van der Waals surface area contributed by atoms with E-state index in [-0.39, 0.29) is 5.54 Å². The predicted molar refractivity (Wildman–Crippen MR) is 90.0 cm³/mol. The number of aromatic amines is 1. The van der Waals surface area contributed by atoms with Gasteiger partial charge in [0, 0.05) is 6.20 Å². The molecule has 2 rings (SSSR count). The molecule has 0 atom stereocenters. The van der Waals surface area contributed by atoms with Gasteiger partial charge in [-0.2, -0.15) is 0 Å². The van der Waals surface area contributed by atoms with E-state index in [9.17, 15) is 9.59 Å². The van der Waals surface area contributed by atoms with E-state index < -0.39 is 5.66 Å². The first-order valence-corrected chi connectivity index (χ1v) is 8.02. The van der Waals surface area contributed by atoms with Crippen molar-refractivity contribution >= 4 is 18.5 Å². The van der Waals surface area contributed by atoms with Crippen molar-refractivity contribution in [3.8, 4) is 0 Å². The van der Waals surface area contributed by atoms with Gasteiger partial charge < -0.3 is 15.6 Å². The van der Waals surface area contributed by atoms with Crippen LogP contribution in [0.3, 0.4) is 0 Å². The van der Waals surface area contributed by atoms with Crippen molar-refractivity contribution in [1.29, 1.82) is 0 Å². The van der Waals surface area contributed by atoms with E-state index in [1.54, 1.807) is 6.20 Å². The summed E-state index contributed by atoms with van der Waals surface area (Å²) in [5, 5.41) is 5.45. The number of rotatable bonds is 10. The van der Waals surface area contributed by atoms with Gasteiger partial charge in [-0.15, -0.1) is 0 Å². The number of amides is 2. The lowest BCUT2D eigenvalue weighted by atomic mass is 9.90. The molecule has 0 fully saturated rings. The molecule has 0 saturated heterocycles. The van der Waals surface area contributed by atoms with Crippen molar-refractivity contribution in [2.75, 3.05) is 0 Å². The van der Waals surface area contributed by atoms with Gasteiger partial charge in [-0.25, -0.2) is 0 Å². The molecule has 1 aromatic heterocycles. The average Bonchev–Trinajstić information content (AvgIpc) is 3.18. The molecule has 1 aromatic rings. The molecular formula is C17H24N4O2. The highest BCUT2D eigenvalue weighted by Crippen LogP contribution is 2.34. The van der Waals surface area contributed by atoms with Crippen molar-refractivity contribution in [2.24, 2.45) is 4.99 Å². The van der Waals surface area contributed by atoms with Crippen LogP contribution in [0.2, 0.25) is 0 Å². The number of carbonyl (C=O) groups is 2. The van der Waals surface area contributed by atoms with Gasteiger partial charge in [0.25, 0.3) is 0 Å². The molecule has 0 aromatic carbocycles. The minimum Gasteiger partial charge on any atom is -0.361 e. The van der Waals surface area contributed by atoms with Crippen LogP contribution in [0, 0.1) is 0 Å². The molecule has 0 bridgehead atoms. The molecule has 0 radical (unpaired) electrons. The van der Waals surface area contributed by atoms with Crippen LogP contribution in [0.15, 0.2) is 35.5 Å². The van der Waals surface area contributed by atoms with E-state index in [1.807, 2.05) is 18.2 Å². The molecule has 0 aliphatic carbocycles. The zero-order valence-corrected chi connectivity index (χ0v) is 13.6. The maximum absolute atomic E-state index is 11.2. The summed E-state index contributed by atoms with van der Waals surface area (Å²) < 4.78 is 0. The van der Waals surface area contributed by atoms with Crippen LogP contribution in [-0.4, -0.2) is 29.1 Å². The SMILES string of the molecule is CCCC1(CCC)C=CC(C(NC=O)(NC=O)c2ccc[nH]2)=N1. The van der Waals surface area contributed by atoms with Crippen molar-refractivity contribution < 1.29 is 9.59 Å². The third kappa shape index (κ3) is 3.21. The topological polar surface area (TPSA) is 86.4 Å². The Labute approximate surface area is 136 Å². The summed E-state index contributed by atoms with van der Waals surface area (Å²) in [6, 6.07) is 3.62. The molecule has 0 saturated carbocycles. The van der Waals surface area contributed by atoms with Crippen LogP contribution in [0.25, 0.3) is 0 Å². The molecule has 0 unspecified atom stereocenters. The molecular weight excluding hydrogens is 292 g/mol. The quantitative estimate of drug-likeness (QED) is 0.455. The zero-order valence-electron chi connectivity index (χ0n) is 13.6. The van der Waals surface area contributed by atoms with E-state index in [0.717, 1.165) is 25.7 Å². The monoisotopic (exact) mass is 316 g/mol. The number of nitrogens with zero attached hydrogens (tertiary/aromatic N) is 1. The molecule has 3 N–H and O–H groups in total. The van der Waals surface area contributed by atoms with Crippen molar-refractivity contribution in [3.63, 3.8) is 0 Å². The van der Waals surface area contributed by atoms with Crippen molar-refractivity contribution in [1.82, 2.24) is 15.6 Å². The number of aliphatic imine (C=N–C) groups is 1. The zero-order chi connectivity index (χ0) is 16.8. The minimum absolute atomic E-state index is 0.258. The summed E-state index contributed by atoms with van der Waals surface area (Å²) in [4.78, 5) is 30.4. The second kappa shape index (κ2) is 7.26. The molecule has 6 nitrogen and oxygen atoms in total. The highest BCUT2D eigenvalue weighted by atomic mass is 16.1. The van der Waals surface area contributed by atoms with Crippen molar-refractivity contribution in [2.45, 2.75) is 50.7 Å². The molecule has 6 heteroatoms. The van der Waals surface area contributed by atoms with Crippen LogP contribution < -0.4 is 10.6 Å². The largest absolute Gasteiger partial charge is 0.361 e. The fourth-order valence-corrected chi connectivity index (χ4v) is 3.25. The molecule has 0 spiro atoms. The van der Waals surface area contributed by atoms with Gasteiger partial charge in [0.15, 0.2) is 5.66 Å². The number of hydrogen-bond acceptors (Lipinski definition) is 3. The van der Waals surface area contributed by atoms with Gasteiger partial charge in [0.1, 0.15) is 0 Å². The lowest BCUT2D eigenvalue weighted by Gasteiger charge is -2.32. The Kier molecular flexibility index (Phi) is 5.36. The second-order valence-electron chi connectivity index (χ2n) is 5.79. The average molecular weight is 316 g/mol. The van der Waals surface area contributed by atoms with Crippen LogP contribution in [0.5, 0.6) is 0 Å². The standard InChI is InChI=1S/C17H24N4O2/c1-3-8-16(9-4-2)10-7-15(21-16)17(19-12-22,20-13-23)14-6-5-11-18-14/h5-7,10-13,18H,3-4,8-9H2,1-2H3,(H,19,22)(H,20,23). The maximum Gasteiger partial charge on any atom is 0.209 e. The lowest BCUT2D eigenvalue weighted by Crippen LogP contribution is -2.58. The van der Waals surface area contributed by atoms with Crippen LogP contribution in [0.1, 0.15) is 45.2 Å². The molecule has 2 heterocycles. The van der Waals surface area contributed by atoms with Crippen LogP contribution >= 0.6 is 0 Å². The Balaban J connectivity index is 2.50. The summed E-state index contributed by atoms with van der Waals surface area (Å²) in [6.45, 7) is 4.26. The summed E-state index contributed by atoms with van der Waals surface area (Å²) in [5.74, 6) is 0. The summed E-state index contributed by atoms with van der Waals surface area (Å²) in [7, 11) is 0. The molecule has 1 aliphatic rings. The van der Waals surface area contributed by atoms with E-state index >= 15 is 0 Å². The molecule has 2 amide bonds. The van der Waals surface area contributed by atoms with Crippen LogP contribution in [0.4, 0.5) is 0 Å². The van der Waals surface area contributed by atoms with E-state index in [2.05, 4.69) is 35.5 Å². The minimum atomic E-state index is -1.17. The molecule has 124 valence electrons. The highest BCUT2D eigenvalue weighted by Gasteiger charge is 2.42. The fraction of sp³-hybridized carbons (Fsp3) is 0.471. The Morgan fingerprint density at radius 3 is 2.35 bits per heavy atom. The van der Waals surface area contributed by atoms with Gasteiger partial charge in [0.05, 0.1) is 16.9 Å². The van der Waals surface area contributed by atoms with Crippen molar-refractivity contribution in [3.05, 3.63) is 36.2 Å². The Hall–Kier alpha value is -2.37. The van der Waals surface area contributed by atoms with Gasteiger partial charge in [-0.05, 0) is 31.1 Å². The van der Waals surface area contributed by atoms with Gasteiger partial charge >= 0.3 is 0 Å². The molecule has 1 aliphatic heterocycles. The molecule has 23 heavy (non-hydrogen) atoms. The van der Waals surface area contributed by atoms with Gasteiger partial charge in [-0.3, -0.25) is 14.6 Å². The van der Waals surface area contributed by atoms with E-state index in [4.69, 9.17) is 4.99 Å². The normalized spacial score (nSPS) is 16.0. The predicted octanol–water partition coefficient (Wildman–Crippen LogP) is 2.01. The van der Waals surface area contributed by atoms with Gasteiger partial charge in [-0.1, -0.05) is 32.8 Å².